The number of likely N-dealkylation sites (N-methyl/N-ethyl adjacent to an activating group) is 2. The SMILES string of the molecule is CCN(C)C(CNC)c1ccc(C(C)C)cc1. The van der Waals surface area contributed by atoms with E-state index in [-0.39, 0.29) is 0 Å². The molecule has 2 nitrogen and oxygen atoms in total. The number of benzene rings is 1. The highest BCUT2D eigenvalue weighted by molar-refractivity contribution is 5.27. The lowest BCUT2D eigenvalue weighted by Gasteiger charge is -2.27. The van der Waals surface area contributed by atoms with Crippen molar-refractivity contribution in [2.75, 3.05) is 27.2 Å². The Morgan fingerprint density at radius 1 is 1.12 bits per heavy atom. The quantitative estimate of drug-likeness (QED) is 0.814. The number of nitrogens with zero attached hydrogens (tertiary/aromatic N) is 1. The van der Waals surface area contributed by atoms with E-state index in [1.807, 2.05) is 7.05 Å². The molecule has 1 atom stereocenters. The summed E-state index contributed by atoms with van der Waals surface area (Å²) >= 11 is 0. The first-order valence-corrected chi connectivity index (χ1v) is 6.54. The zero-order valence-corrected chi connectivity index (χ0v) is 11.8. The normalized spacial score (nSPS) is 13.4. The van der Waals surface area contributed by atoms with E-state index in [1.165, 1.54) is 11.1 Å². The maximum absolute atomic E-state index is 3.28. The van der Waals surface area contributed by atoms with E-state index in [4.69, 9.17) is 0 Å². The zero-order chi connectivity index (χ0) is 12.8. The van der Waals surface area contributed by atoms with Crippen LogP contribution in [0.4, 0.5) is 0 Å². The third-order valence-corrected chi connectivity index (χ3v) is 3.42. The molecule has 0 saturated heterocycles. The van der Waals surface area contributed by atoms with E-state index >= 15 is 0 Å². The van der Waals surface area contributed by atoms with Crippen molar-refractivity contribution in [3.8, 4) is 0 Å². The summed E-state index contributed by atoms with van der Waals surface area (Å²) in [6.45, 7) is 8.73. The maximum Gasteiger partial charge on any atom is 0.0469 e. The maximum atomic E-state index is 3.28. The topological polar surface area (TPSA) is 15.3 Å². The van der Waals surface area contributed by atoms with Crippen molar-refractivity contribution in [2.45, 2.75) is 32.7 Å². The lowest BCUT2D eigenvalue weighted by atomic mass is 9.98. The first-order chi connectivity index (χ1) is 8.10. The van der Waals surface area contributed by atoms with Gasteiger partial charge >= 0.3 is 0 Å². The fourth-order valence-electron chi connectivity index (χ4n) is 2.04. The molecule has 0 aromatic heterocycles. The van der Waals surface area contributed by atoms with Crippen LogP contribution in [0.25, 0.3) is 0 Å². The van der Waals surface area contributed by atoms with Gasteiger partial charge in [-0.1, -0.05) is 45.0 Å². The molecule has 0 aliphatic heterocycles. The molecular weight excluding hydrogens is 208 g/mol. The van der Waals surface area contributed by atoms with Crippen LogP contribution in [0.15, 0.2) is 24.3 Å². The van der Waals surface area contributed by atoms with E-state index in [0.29, 0.717) is 12.0 Å². The molecule has 0 spiro atoms. The molecule has 0 aliphatic carbocycles. The number of nitrogens with one attached hydrogen (secondary N) is 1. The fraction of sp³-hybridized carbons (Fsp3) is 0.600. The molecule has 1 aromatic rings. The second-order valence-corrected chi connectivity index (χ2v) is 4.97. The van der Waals surface area contributed by atoms with E-state index in [1.54, 1.807) is 0 Å². The molecule has 1 unspecified atom stereocenters. The van der Waals surface area contributed by atoms with Crippen LogP contribution in [0.5, 0.6) is 0 Å². The van der Waals surface area contributed by atoms with Gasteiger partial charge in [-0.3, -0.25) is 4.90 Å². The molecule has 17 heavy (non-hydrogen) atoms. The average molecular weight is 234 g/mol. The molecule has 1 N–H and O–H groups in total. The molecule has 0 fully saturated rings. The minimum Gasteiger partial charge on any atom is -0.318 e. The number of hydrogen-bond donors (Lipinski definition) is 1. The number of hydrogen-bond acceptors (Lipinski definition) is 2. The Balaban J connectivity index is 2.87. The molecule has 0 radical (unpaired) electrons. The van der Waals surface area contributed by atoms with Crippen molar-refractivity contribution in [1.82, 2.24) is 10.2 Å². The smallest absolute Gasteiger partial charge is 0.0469 e. The van der Waals surface area contributed by atoms with Gasteiger partial charge in [0.25, 0.3) is 0 Å². The van der Waals surface area contributed by atoms with Crippen LogP contribution in [0.2, 0.25) is 0 Å². The largest absolute Gasteiger partial charge is 0.318 e. The first kappa shape index (κ1) is 14.2. The molecule has 96 valence electrons. The van der Waals surface area contributed by atoms with E-state index in [0.717, 1.165) is 13.1 Å². The highest BCUT2D eigenvalue weighted by Gasteiger charge is 2.14. The fourth-order valence-corrected chi connectivity index (χ4v) is 2.04. The lowest BCUT2D eigenvalue weighted by Crippen LogP contribution is -2.31. The van der Waals surface area contributed by atoms with Crippen molar-refractivity contribution in [3.63, 3.8) is 0 Å². The Kier molecular flexibility index (Phi) is 5.66. The minimum absolute atomic E-state index is 0.464. The van der Waals surface area contributed by atoms with Crippen LogP contribution in [-0.2, 0) is 0 Å². The Morgan fingerprint density at radius 2 is 1.65 bits per heavy atom. The van der Waals surface area contributed by atoms with Crippen LogP contribution < -0.4 is 5.32 Å². The minimum atomic E-state index is 0.464. The molecule has 0 amide bonds. The van der Waals surface area contributed by atoms with Gasteiger partial charge in [0.2, 0.25) is 0 Å². The standard InChI is InChI=1S/C15H26N2/c1-6-17(5)15(11-16-4)14-9-7-13(8-10-14)12(2)3/h7-10,12,15-16H,6,11H2,1-5H3. The van der Waals surface area contributed by atoms with Crippen LogP contribution in [-0.4, -0.2) is 32.1 Å². The third kappa shape index (κ3) is 3.83. The Morgan fingerprint density at radius 3 is 2.06 bits per heavy atom. The summed E-state index contributed by atoms with van der Waals surface area (Å²) < 4.78 is 0. The molecule has 1 rings (SSSR count). The third-order valence-electron chi connectivity index (χ3n) is 3.42. The lowest BCUT2D eigenvalue weighted by molar-refractivity contribution is 0.254. The molecular formula is C15H26N2. The summed E-state index contributed by atoms with van der Waals surface area (Å²) in [7, 11) is 4.19. The van der Waals surface area contributed by atoms with Gasteiger partial charge in [-0.2, -0.15) is 0 Å². The van der Waals surface area contributed by atoms with E-state index in [2.05, 4.69) is 62.3 Å². The predicted octanol–water partition coefficient (Wildman–Crippen LogP) is 3.02. The van der Waals surface area contributed by atoms with Crippen LogP contribution in [0.1, 0.15) is 43.9 Å². The second kappa shape index (κ2) is 6.77. The predicted molar refractivity (Wildman–Crippen MR) is 75.5 cm³/mol. The zero-order valence-electron chi connectivity index (χ0n) is 11.8. The summed E-state index contributed by atoms with van der Waals surface area (Å²) in [6, 6.07) is 9.51. The van der Waals surface area contributed by atoms with Gasteiger partial charge in [0.1, 0.15) is 0 Å². The summed E-state index contributed by atoms with van der Waals surface area (Å²) in [5.74, 6) is 0.607. The Hall–Kier alpha value is -0.860. The van der Waals surface area contributed by atoms with Crippen molar-refractivity contribution >= 4 is 0 Å². The second-order valence-electron chi connectivity index (χ2n) is 4.97. The van der Waals surface area contributed by atoms with Crippen LogP contribution >= 0.6 is 0 Å². The highest BCUT2D eigenvalue weighted by Crippen LogP contribution is 2.21. The molecule has 2 heteroatoms. The molecule has 1 aromatic carbocycles. The van der Waals surface area contributed by atoms with Gasteiger partial charge in [-0.05, 0) is 37.7 Å². The van der Waals surface area contributed by atoms with Gasteiger partial charge < -0.3 is 5.32 Å². The molecule has 0 aliphatic rings. The summed E-state index contributed by atoms with van der Waals surface area (Å²) in [5.41, 5.74) is 2.81. The summed E-state index contributed by atoms with van der Waals surface area (Å²) in [5, 5.41) is 3.28. The Bertz CT molecular complexity index is 316. The monoisotopic (exact) mass is 234 g/mol. The Labute approximate surface area is 106 Å². The van der Waals surface area contributed by atoms with Gasteiger partial charge in [0, 0.05) is 12.6 Å². The van der Waals surface area contributed by atoms with Gasteiger partial charge in [-0.25, -0.2) is 0 Å². The first-order valence-electron chi connectivity index (χ1n) is 6.54. The van der Waals surface area contributed by atoms with E-state index in [9.17, 15) is 0 Å². The molecule has 0 heterocycles. The van der Waals surface area contributed by atoms with Gasteiger partial charge in [-0.15, -0.1) is 0 Å². The summed E-state index contributed by atoms with van der Waals surface area (Å²) in [6.07, 6.45) is 0. The van der Waals surface area contributed by atoms with Crippen molar-refractivity contribution in [3.05, 3.63) is 35.4 Å². The van der Waals surface area contributed by atoms with E-state index < -0.39 is 0 Å². The number of rotatable bonds is 6. The van der Waals surface area contributed by atoms with Crippen LogP contribution in [0, 0.1) is 0 Å². The highest BCUT2D eigenvalue weighted by atomic mass is 15.1. The average Bonchev–Trinajstić information content (AvgIpc) is 2.35. The molecule has 0 saturated carbocycles. The van der Waals surface area contributed by atoms with Gasteiger partial charge in [0.05, 0.1) is 0 Å². The van der Waals surface area contributed by atoms with Gasteiger partial charge in [0.15, 0.2) is 0 Å². The van der Waals surface area contributed by atoms with Crippen LogP contribution in [0.3, 0.4) is 0 Å². The van der Waals surface area contributed by atoms with Crippen molar-refractivity contribution in [2.24, 2.45) is 0 Å². The van der Waals surface area contributed by atoms with Crippen molar-refractivity contribution < 1.29 is 0 Å². The molecule has 0 bridgehead atoms. The summed E-state index contributed by atoms with van der Waals surface area (Å²) in [4.78, 5) is 2.38. The van der Waals surface area contributed by atoms with Crippen molar-refractivity contribution in [1.29, 1.82) is 0 Å².